The van der Waals surface area contributed by atoms with E-state index in [9.17, 15) is 4.79 Å². The van der Waals surface area contributed by atoms with Crippen molar-refractivity contribution in [1.82, 2.24) is 9.88 Å². The van der Waals surface area contributed by atoms with Crippen molar-refractivity contribution in [2.24, 2.45) is 5.92 Å². The Labute approximate surface area is 135 Å². The van der Waals surface area contributed by atoms with Crippen LogP contribution in [0.1, 0.15) is 24.8 Å². The maximum absolute atomic E-state index is 11.0. The van der Waals surface area contributed by atoms with Crippen LogP contribution in [0.2, 0.25) is 0 Å². The Bertz CT molecular complexity index is 584. The lowest BCUT2D eigenvalue weighted by Gasteiger charge is -2.23. The van der Waals surface area contributed by atoms with E-state index in [4.69, 9.17) is 14.6 Å². The van der Waals surface area contributed by atoms with Crippen LogP contribution >= 0.6 is 0 Å². The molecular weight excluding hydrogens is 296 g/mol. The SMILES string of the molecule is C=C(c1cncc(OC2CCOCC2)c1)[C@H]1CCN(C(=O)O)C1. The summed E-state index contributed by atoms with van der Waals surface area (Å²) in [6.07, 6.45) is 5.37. The van der Waals surface area contributed by atoms with E-state index in [1.165, 1.54) is 4.90 Å². The zero-order valence-electron chi connectivity index (χ0n) is 13.1. The molecule has 0 radical (unpaired) electrons. The summed E-state index contributed by atoms with van der Waals surface area (Å²) in [6, 6.07) is 1.95. The quantitative estimate of drug-likeness (QED) is 0.924. The van der Waals surface area contributed by atoms with E-state index >= 15 is 0 Å². The van der Waals surface area contributed by atoms with Gasteiger partial charge < -0.3 is 19.5 Å². The van der Waals surface area contributed by atoms with Crippen LogP contribution in [0.4, 0.5) is 4.79 Å². The van der Waals surface area contributed by atoms with E-state index in [2.05, 4.69) is 11.6 Å². The zero-order chi connectivity index (χ0) is 16.2. The van der Waals surface area contributed by atoms with Crippen molar-refractivity contribution in [2.45, 2.75) is 25.4 Å². The number of aromatic nitrogens is 1. The number of likely N-dealkylation sites (tertiary alicyclic amines) is 1. The molecule has 2 aliphatic rings. The van der Waals surface area contributed by atoms with Gasteiger partial charge in [-0.1, -0.05) is 6.58 Å². The number of rotatable bonds is 4. The van der Waals surface area contributed by atoms with Gasteiger partial charge in [0.2, 0.25) is 0 Å². The molecule has 1 amide bonds. The van der Waals surface area contributed by atoms with Crippen LogP contribution in [0.5, 0.6) is 5.75 Å². The molecule has 1 atom stereocenters. The first-order valence-electron chi connectivity index (χ1n) is 8.00. The molecule has 0 spiro atoms. The molecular formula is C17H22N2O4. The minimum absolute atomic E-state index is 0.145. The summed E-state index contributed by atoms with van der Waals surface area (Å²) >= 11 is 0. The summed E-state index contributed by atoms with van der Waals surface area (Å²) in [6.45, 7) is 6.68. The predicted octanol–water partition coefficient (Wildman–Crippen LogP) is 2.65. The third-order valence-electron chi connectivity index (χ3n) is 4.51. The number of ether oxygens (including phenoxy) is 2. The number of carbonyl (C=O) groups is 1. The molecule has 1 aromatic heterocycles. The molecule has 2 aliphatic heterocycles. The van der Waals surface area contributed by atoms with Gasteiger partial charge in [-0.3, -0.25) is 4.98 Å². The first-order valence-corrected chi connectivity index (χ1v) is 8.00. The van der Waals surface area contributed by atoms with E-state index in [0.717, 1.165) is 49.4 Å². The third kappa shape index (κ3) is 3.82. The number of pyridine rings is 1. The number of amides is 1. The average Bonchev–Trinajstić information content (AvgIpc) is 3.06. The molecule has 3 rings (SSSR count). The lowest BCUT2D eigenvalue weighted by molar-refractivity contribution is 0.0254. The van der Waals surface area contributed by atoms with Crippen LogP contribution in [-0.2, 0) is 4.74 Å². The second kappa shape index (κ2) is 7.00. The van der Waals surface area contributed by atoms with Gasteiger partial charge in [0.1, 0.15) is 11.9 Å². The van der Waals surface area contributed by atoms with Gasteiger partial charge in [0, 0.05) is 38.0 Å². The van der Waals surface area contributed by atoms with Gasteiger partial charge >= 0.3 is 6.09 Å². The molecule has 1 aromatic rings. The normalized spacial score (nSPS) is 22.1. The fraction of sp³-hybridized carbons (Fsp3) is 0.529. The summed E-state index contributed by atoms with van der Waals surface area (Å²) in [4.78, 5) is 16.7. The van der Waals surface area contributed by atoms with Gasteiger partial charge in [-0.15, -0.1) is 0 Å². The monoisotopic (exact) mass is 318 g/mol. The van der Waals surface area contributed by atoms with E-state index in [-0.39, 0.29) is 12.0 Å². The lowest BCUT2D eigenvalue weighted by atomic mass is 9.94. The third-order valence-corrected chi connectivity index (χ3v) is 4.51. The maximum atomic E-state index is 11.0. The van der Waals surface area contributed by atoms with E-state index in [1.54, 1.807) is 12.4 Å². The highest BCUT2D eigenvalue weighted by Crippen LogP contribution is 2.31. The molecule has 0 aliphatic carbocycles. The largest absolute Gasteiger partial charge is 0.489 e. The molecule has 1 N–H and O–H groups in total. The Hall–Kier alpha value is -2.08. The Morgan fingerprint density at radius 1 is 1.35 bits per heavy atom. The topological polar surface area (TPSA) is 71.9 Å². The van der Waals surface area contributed by atoms with Crippen molar-refractivity contribution in [1.29, 1.82) is 0 Å². The van der Waals surface area contributed by atoms with Crippen molar-refractivity contribution in [3.63, 3.8) is 0 Å². The van der Waals surface area contributed by atoms with Crippen molar-refractivity contribution in [3.8, 4) is 5.75 Å². The highest BCUT2D eigenvalue weighted by molar-refractivity contribution is 5.69. The minimum atomic E-state index is -0.866. The highest BCUT2D eigenvalue weighted by Gasteiger charge is 2.28. The summed E-state index contributed by atoms with van der Waals surface area (Å²) in [5.41, 5.74) is 1.85. The Kier molecular flexibility index (Phi) is 4.81. The van der Waals surface area contributed by atoms with Gasteiger partial charge in [-0.25, -0.2) is 4.79 Å². The molecule has 0 unspecified atom stereocenters. The molecule has 6 heteroatoms. The van der Waals surface area contributed by atoms with E-state index in [0.29, 0.717) is 13.1 Å². The minimum Gasteiger partial charge on any atom is -0.489 e. The van der Waals surface area contributed by atoms with Crippen LogP contribution in [0.25, 0.3) is 5.57 Å². The first-order chi connectivity index (χ1) is 11.1. The van der Waals surface area contributed by atoms with E-state index in [1.807, 2.05) is 6.07 Å². The molecule has 2 fully saturated rings. The summed E-state index contributed by atoms with van der Waals surface area (Å²) in [7, 11) is 0. The number of hydrogen-bond acceptors (Lipinski definition) is 4. The standard InChI is InChI=1S/C17H22N2O4/c1-12(13-2-5-19(11-13)17(20)21)14-8-16(10-18-9-14)23-15-3-6-22-7-4-15/h8-10,13,15H,1-7,11H2,(H,20,21)/t13-/m0/s1. The maximum Gasteiger partial charge on any atom is 0.407 e. The fourth-order valence-corrected chi connectivity index (χ4v) is 3.10. The van der Waals surface area contributed by atoms with Crippen molar-refractivity contribution < 1.29 is 19.4 Å². The smallest absolute Gasteiger partial charge is 0.407 e. The summed E-state index contributed by atoms with van der Waals surface area (Å²) in [5.74, 6) is 0.884. The number of hydrogen-bond donors (Lipinski definition) is 1. The fourth-order valence-electron chi connectivity index (χ4n) is 3.10. The van der Waals surface area contributed by atoms with Gasteiger partial charge in [0.15, 0.2) is 0 Å². The number of carboxylic acid groups (broad SMARTS) is 1. The van der Waals surface area contributed by atoms with Gasteiger partial charge in [-0.2, -0.15) is 0 Å². The molecule has 3 heterocycles. The predicted molar refractivity (Wildman–Crippen MR) is 85.4 cm³/mol. The molecule has 23 heavy (non-hydrogen) atoms. The van der Waals surface area contributed by atoms with Gasteiger partial charge in [0.05, 0.1) is 19.4 Å². The lowest BCUT2D eigenvalue weighted by Crippen LogP contribution is -2.26. The Morgan fingerprint density at radius 3 is 2.83 bits per heavy atom. The summed E-state index contributed by atoms with van der Waals surface area (Å²) < 4.78 is 11.3. The second-order valence-corrected chi connectivity index (χ2v) is 6.08. The van der Waals surface area contributed by atoms with Crippen molar-refractivity contribution in [3.05, 3.63) is 30.6 Å². The second-order valence-electron chi connectivity index (χ2n) is 6.08. The number of nitrogens with zero attached hydrogens (tertiary/aromatic N) is 2. The van der Waals surface area contributed by atoms with Crippen LogP contribution in [0.3, 0.4) is 0 Å². The van der Waals surface area contributed by atoms with E-state index < -0.39 is 6.09 Å². The molecule has 2 saturated heterocycles. The van der Waals surface area contributed by atoms with Crippen molar-refractivity contribution in [2.75, 3.05) is 26.3 Å². The molecule has 124 valence electrons. The highest BCUT2D eigenvalue weighted by atomic mass is 16.5. The average molecular weight is 318 g/mol. The Balaban J connectivity index is 1.64. The van der Waals surface area contributed by atoms with Gasteiger partial charge in [-0.05, 0) is 23.6 Å². The van der Waals surface area contributed by atoms with Crippen LogP contribution in [-0.4, -0.2) is 53.5 Å². The molecule has 6 nitrogen and oxygen atoms in total. The first kappa shape index (κ1) is 15.8. The van der Waals surface area contributed by atoms with Crippen LogP contribution < -0.4 is 4.74 Å². The van der Waals surface area contributed by atoms with Crippen molar-refractivity contribution >= 4 is 11.7 Å². The van der Waals surface area contributed by atoms with Crippen LogP contribution in [0, 0.1) is 5.92 Å². The van der Waals surface area contributed by atoms with Gasteiger partial charge in [0.25, 0.3) is 0 Å². The molecule has 0 aromatic carbocycles. The van der Waals surface area contributed by atoms with Crippen LogP contribution in [0.15, 0.2) is 25.0 Å². The molecule has 0 saturated carbocycles. The summed E-state index contributed by atoms with van der Waals surface area (Å²) in [5, 5.41) is 9.06. The molecule has 0 bridgehead atoms. The Morgan fingerprint density at radius 2 is 2.13 bits per heavy atom. The zero-order valence-corrected chi connectivity index (χ0v) is 13.1.